The fraction of sp³-hybridized carbons (Fsp3) is 0.467. The van der Waals surface area contributed by atoms with Crippen LogP contribution in [0, 0.1) is 6.92 Å². The van der Waals surface area contributed by atoms with E-state index < -0.39 is 0 Å². The zero-order chi connectivity index (χ0) is 14.5. The Morgan fingerprint density at radius 3 is 2.75 bits per heavy atom. The predicted molar refractivity (Wildman–Crippen MR) is 82.5 cm³/mol. The molecule has 0 saturated carbocycles. The fourth-order valence-electron chi connectivity index (χ4n) is 2.08. The summed E-state index contributed by atoms with van der Waals surface area (Å²) in [5.41, 5.74) is 2.67. The maximum absolute atomic E-state index is 5.78. The Balaban J connectivity index is 1.82. The average Bonchev–Trinajstić information content (AvgIpc) is 2.80. The van der Waals surface area contributed by atoms with Gasteiger partial charge in [-0.3, -0.25) is 0 Å². The molecular weight excluding hydrogens is 270 g/mol. The van der Waals surface area contributed by atoms with Gasteiger partial charge in [-0.1, -0.05) is 31.7 Å². The third-order valence-corrected chi connectivity index (χ3v) is 4.11. The number of aryl methyl sites for hydroxylation is 2. The monoisotopic (exact) mass is 291 g/mol. The second-order valence-electron chi connectivity index (χ2n) is 5.09. The van der Waals surface area contributed by atoms with Gasteiger partial charge in [0, 0.05) is 12.8 Å². The molecule has 0 N–H and O–H groups in total. The van der Waals surface area contributed by atoms with Crippen molar-refractivity contribution in [3.8, 4) is 5.75 Å². The molecule has 0 saturated heterocycles. The Hall–Kier alpha value is -1.49. The van der Waals surface area contributed by atoms with E-state index in [1.165, 1.54) is 11.1 Å². The van der Waals surface area contributed by atoms with Crippen molar-refractivity contribution in [3.63, 3.8) is 0 Å². The quantitative estimate of drug-likeness (QED) is 0.604. The molecule has 0 radical (unpaired) electrons. The molecule has 0 amide bonds. The summed E-state index contributed by atoms with van der Waals surface area (Å²) in [7, 11) is 1.94. The lowest BCUT2D eigenvalue weighted by Crippen LogP contribution is -2.02. The van der Waals surface area contributed by atoms with Crippen LogP contribution in [0.15, 0.2) is 29.7 Å². The van der Waals surface area contributed by atoms with E-state index in [1.54, 1.807) is 18.1 Å². The molecule has 1 heterocycles. The number of ether oxygens (including phenoxy) is 1. The van der Waals surface area contributed by atoms with E-state index in [1.807, 2.05) is 11.6 Å². The minimum Gasteiger partial charge on any atom is -0.493 e. The highest BCUT2D eigenvalue weighted by Crippen LogP contribution is 2.23. The van der Waals surface area contributed by atoms with E-state index in [0.717, 1.165) is 16.7 Å². The van der Waals surface area contributed by atoms with E-state index >= 15 is 0 Å². The van der Waals surface area contributed by atoms with Gasteiger partial charge in [-0.15, -0.1) is 10.2 Å². The zero-order valence-corrected chi connectivity index (χ0v) is 13.3. The van der Waals surface area contributed by atoms with Gasteiger partial charge in [-0.25, -0.2) is 0 Å². The van der Waals surface area contributed by atoms with Gasteiger partial charge in [0.25, 0.3) is 0 Å². The lowest BCUT2D eigenvalue weighted by atomic mass is 9.98. The van der Waals surface area contributed by atoms with Crippen LogP contribution in [0.2, 0.25) is 0 Å². The van der Waals surface area contributed by atoms with Crippen molar-refractivity contribution in [2.45, 2.75) is 31.8 Å². The molecule has 2 aromatic rings. The third-order valence-electron chi connectivity index (χ3n) is 3.12. The van der Waals surface area contributed by atoms with Crippen LogP contribution in [0.5, 0.6) is 5.75 Å². The van der Waals surface area contributed by atoms with Crippen LogP contribution in [0.1, 0.15) is 30.9 Å². The Morgan fingerprint density at radius 1 is 1.35 bits per heavy atom. The largest absolute Gasteiger partial charge is 0.493 e. The third kappa shape index (κ3) is 3.76. The molecule has 2 rings (SSSR count). The van der Waals surface area contributed by atoms with Crippen LogP contribution in [0.25, 0.3) is 0 Å². The van der Waals surface area contributed by atoms with E-state index in [0.29, 0.717) is 12.5 Å². The van der Waals surface area contributed by atoms with Gasteiger partial charge in [-0.05, 0) is 36.1 Å². The Bertz CT molecular complexity index is 566. The van der Waals surface area contributed by atoms with Crippen molar-refractivity contribution in [3.05, 3.63) is 35.7 Å². The lowest BCUT2D eigenvalue weighted by molar-refractivity contribution is 0.343. The number of nitrogens with zero attached hydrogens (tertiary/aromatic N) is 3. The van der Waals surface area contributed by atoms with Gasteiger partial charge in [0.1, 0.15) is 12.1 Å². The Labute approximate surface area is 124 Å². The molecule has 0 aliphatic rings. The molecule has 0 spiro atoms. The van der Waals surface area contributed by atoms with Crippen molar-refractivity contribution >= 4 is 11.8 Å². The smallest absolute Gasteiger partial charge is 0.190 e. The van der Waals surface area contributed by atoms with Gasteiger partial charge >= 0.3 is 0 Å². The summed E-state index contributed by atoms with van der Waals surface area (Å²) in [5.74, 6) is 2.35. The first-order valence-electron chi connectivity index (χ1n) is 6.78. The van der Waals surface area contributed by atoms with Crippen LogP contribution in [0.4, 0.5) is 0 Å². The van der Waals surface area contributed by atoms with Crippen LogP contribution in [0.3, 0.4) is 0 Å². The number of hydrogen-bond acceptors (Lipinski definition) is 4. The summed E-state index contributed by atoms with van der Waals surface area (Å²) < 4.78 is 7.69. The molecule has 108 valence electrons. The first-order chi connectivity index (χ1) is 9.58. The first-order valence-corrected chi connectivity index (χ1v) is 7.76. The predicted octanol–water partition coefficient (Wildman–Crippen LogP) is 3.42. The molecule has 0 fully saturated rings. The molecule has 0 atom stereocenters. The number of thioether (sulfide) groups is 1. The number of aromatic nitrogens is 3. The molecule has 20 heavy (non-hydrogen) atoms. The van der Waals surface area contributed by atoms with Crippen LogP contribution >= 0.6 is 11.8 Å². The molecule has 4 nitrogen and oxygen atoms in total. The van der Waals surface area contributed by atoms with Gasteiger partial charge in [0.2, 0.25) is 0 Å². The molecule has 0 unspecified atom stereocenters. The van der Waals surface area contributed by atoms with Crippen molar-refractivity contribution in [1.29, 1.82) is 0 Å². The molecule has 5 heteroatoms. The number of rotatable bonds is 6. The Kier molecular flexibility index (Phi) is 5.06. The SMILES string of the molecule is Cc1cc(OCCSc2nncn2C)ccc1C(C)C. The van der Waals surface area contributed by atoms with E-state index in [-0.39, 0.29) is 0 Å². The molecular formula is C15H21N3OS. The van der Waals surface area contributed by atoms with Gasteiger partial charge in [0.15, 0.2) is 5.16 Å². The molecule has 0 aliphatic carbocycles. The molecule has 1 aromatic carbocycles. The van der Waals surface area contributed by atoms with Gasteiger partial charge in [-0.2, -0.15) is 0 Å². The van der Waals surface area contributed by atoms with Crippen molar-refractivity contribution in [1.82, 2.24) is 14.8 Å². The molecule has 1 aromatic heterocycles. The normalized spacial score (nSPS) is 11.1. The number of benzene rings is 1. The van der Waals surface area contributed by atoms with E-state index in [2.05, 4.69) is 49.2 Å². The van der Waals surface area contributed by atoms with Crippen molar-refractivity contribution < 1.29 is 4.74 Å². The summed E-state index contributed by atoms with van der Waals surface area (Å²) in [6.45, 7) is 7.22. The minimum atomic E-state index is 0.551. The van der Waals surface area contributed by atoms with Crippen molar-refractivity contribution in [2.24, 2.45) is 7.05 Å². The highest BCUT2D eigenvalue weighted by Gasteiger charge is 2.05. The summed E-state index contributed by atoms with van der Waals surface area (Å²) in [6.07, 6.45) is 1.71. The first kappa shape index (κ1) is 14.9. The van der Waals surface area contributed by atoms with E-state index in [4.69, 9.17) is 4.74 Å². The van der Waals surface area contributed by atoms with Crippen LogP contribution in [-0.4, -0.2) is 27.1 Å². The van der Waals surface area contributed by atoms with Gasteiger partial charge in [0.05, 0.1) is 6.61 Å². The lowest BCUT2D eigenvalue weighted by Gasteiger charge is -2.12. The highest BCUT2D eigenvalue weighted by molar-refractivity contribution is 7.99. The average molecular weight is 291 g/mol. The second-order valence-corrected chi connectivity index (χ2v) is 6.16. The zero-order valence-electron chi connectivity index (χ0n) is 12.5. The summed E-state index contributed by atoms with van der Waals surface area (Å²) in [6, 6.07) is 6.32. The molecule has 0 aliphatic heterocycles. The molecule has 0 bridgehead atoms. The van der Waals surface area contributed by atoms with Crippen molar-refractivity contribution in [2.75, 3.05) is 12.4 Å². The maximum atomic E-state index is 5.78. The summed E-state index contributed by atoms with van der Waals surface area (Å²) >= 11 is 1.65. The second kappa shape index (κ2) is 6.79. The maximum Gasteiger partial charge on any atom is 0.190 e. The number of hydrogen-bond donors (Lipinski definition) is 0. The summed E-state index contributed by atoms with van der Waals surface area (Å²) in [4.78, 5) is 0. The standard InChI is InChI=1S/C15H21N3OS/c1-11(2)14-6-5-13(9-12(14)3)19-7-8-20-15-17-16-10-18(15)4/h5-6,9-11H,7-8H2,1-4H3. The van der Waals surface area contributed by atoms with Crippen LogP contribution in [-0.2, 0) is 7.05 Å². The fourth-order valence-corrected chi connectivity index (χ4v) is 2.79. The van der Waals surface area contributed by atoms with E-state index in [9.17, 15) is 0 Å². The van der Waals surface area contributed by atoms with Crippen LogP contribution < -0.4 is 4.74 Å². The summed E-state index contributed by atoms with van der Waals surface area (Å²) in [5, 5.41) is 8.79. The topological polar surface area (TPSA) is 39.9 Å². The van der Waals surface area contributed by atoms with Gasteiger partial charge < -0.3 is 9.30 Å². The Morgan fingerprint density at radius 2 is 2.15 bits per heavy atom. The highest BCUT2D eigenvalue weighted by atomic mass is 32.2. The minimum absolute atomic E-state index is 0.551.